The highest BCUT2D eigenvalue weighted by molar-refractivity contribution is 5.18. The molecule has 0 aromatic heterocycles. The fourth-order valence-electron chi connectivity index (χ4n) is 1.02. The van der Waals surface area contributed by atoms with E-state index in [1.54, 1.807) is 0 Å². The summed E-state index contributed by atoms with van der Waals surface area (Å²) in [6.45, 7) is 12.5. The molecule has 0 heteroatoms. The lowest BCUT2D eigenvalue weighted by molar-refractivity contribution is 0.733. The summed E-state index contributed by atoms with van der Waals surface area (Å²) < 4.78 is 0. The van der Waals surface area contributed by atoms with E-state index >= 15 is 0 Å². The Morgan fingerprint density at radius 3 is 1.71 bits per heavy atom. The zero-order valence-corrected chi connectivity index (χ0v) is 10.7. The van der Waals surface area contributed by atoms with Gasteiger partial charge in [0.1, 0.15) is 0 Å². The average Bonchev–Trinajstić information content (AvgIpc) is 2.34. The Hall–Kier alpha value is -0.780. The summed E-state index contributed by atoms with van der Waals surface area (Å²) in [5.41, 5.74) is 1.45. The van der Waals surface area contributed by atoms with Crippen LogP contribution >= 0.6 is 0 Å². The average molecular weight is 194 g/mol. The van der Waals surface area contributed by atoms with Crippen molar-refractivity contribution in [2.45, 2.75) is 53.9 Å². The molecule has 0 unspecified atom stereocenters. The SMILES string of the molecule is CC.CC.CC[C@H](C)c1ccccc1. The van der Waals surface area contributed by atoms with Crippen molar-refractivity contribution < 1.29 is 0 Å². The van der Waals surface area contributed by atoms with Gasteiger partial charge in [-0.2, -0.15) is 0 Å². The zero-order chi connectivity index (χ0) is 11.4. The standard InChI is InChI=1S/C10H14.2C2H6/c1-3-9(2)10-7-5-4-6-8-10;2*1-2/h4-9H,3H2,1-2H3;2*1-2H3/t9-;;/m0../s1. The molecular formula is C14H26. The van der Waals surface area contributed by atoms with Gasteiger partial charge in [0, 0.05) is 0 Å². The predicted octanol–water partition coefficient (Wildman–Crippen LogP) is 5.25. The molecule has 0 radical (unpaired) electrons. The van der Waals surface area contributed by atoms with E-state index in [2.05, 4.69) is 44.2 Å². The van der Waals surface area contributed by atoms with Crippen LogP contribution < -0.4 is 0 Å². The second kappa shape index (κ2) is 12.2. The van der Waals surface area contributed by atoms with Gasteiger partial charge in [-0.25, -0.2) is 0 Å². The smallest absolute Gasteiger partial charge is 0.0193 e. The number of benzene rings is 1. The Morgan fingerprint density at radius 2 is 1.36 bits per heavy atom. The minimum Gasteiger partial charge on any atom is -0.0683 e. The van der Waals surface area contributed by atoms with Gasteiger partial charge in [-0.05, 0) is 17.9 Å². The normalized spacial score (nSPS) is 10.1. The fourth-order valence-corrected chi connectivity index (χ4v) is 1.02. The van der Waals surface area contributed by atoms with Crippen LogP contribution in [0.5, 0.6) is 0 Å². The molecule has 1 aromatic rings. The van der Waals surface area contributed by atoms with Gasteiger partial charge >= 0.3 is 0 Å². The molecule has 0 amide bonds. The quantitative estimate of drug-likeness (QED) is 0.603. The van der Waals surface area contributed by atoms with E-state index in [9.17, 15) is 0 Å². The van der Waals surface area contributed by atoms with Gasteiger partial charge in [0.2, 0.25) is 0 Å². The van der Waals surface area contributed by atoms with Crippen molar-refractivity contribution in [2.24, 2.45) is 0 Å². The summed E-state index contributed by atoms with van der Waals surface area (Å²) >= 11 is 0. The lowest BCUT2D eigenvalue weighted by atomic mass is 9.99. The summed E-state index contributed by atoms with van der Waals surface area (Å²) in [7, 11) is 0. The van der Waals surface area contributed by atoms with Crippen LogP contribution in [0.4, 0.5) is 0 Å². The van der Waals surface area contributed by atoms with E-state index in [1.165, 1.54) is 12.0 Å². The molecule has 1 atom stereocenters. The zero-order valence-electron chi connectivity index (χ0n) is 10.7. The highest BCUT2D eigenvalue weighted by Crippen LogP contribution is 2.16. The van der Waals surface area contributed by atoms with Crippen LogP contribution in [0.3, 0.4) is 0 Å². The summed E-state index contributed by atoms with van der Waals surface area (Å²) in [6.07, 6.45) is 1.23. The van der Waals surface area contributed by atoms with Crippen LogP contribution in [-0.4, -0.2) is 0 Å². The first-order valence-electron chi connectivity index (χ1n) is 5.89. The van der Waals surface area contributed by atoms with Crippen LogP contribution in [0, 0.1) is 0 Å². The molecule has 1 aromatic carbocycles. The minimum absolute atomic E-state index is 0.709. The molecular weight excluding hydrogens is 168 g/mol. The number of hydrogen-bond acceptors (Lipinski definition) is 0. The third-order valence-electron chi connectivity index (χ3n) is 1.98. The predicted molar refractivity (Wildman–Crippen MR) is 67.8 cm³/mol. The third kappa shape index (κ3) is 6.71. The van der Waals surface area contributed by atoms with E-state index in [4.69, 9.17) is 0 Å². The van der Waals surface area contributed by atoms with E-state index in [0.29, 0.717) is 5.92 Å². The molecule has 0 spiro atoms. The van der Waals surface area contributed by atoms with Crippen LogP contribution in [0.2, 0.25) is 0 Å². The van der Waals surface area contributed by atoms with Crippen molar-refractivity contribution >= 4 is 0 Å². The lowest BCUT2D eigenvalue weighted by Gasteiger charge is -2.06. The molecule has 0 saturated heterocycles. The maximum atomic E-state index is 2.26. The van der Waals surface area contributed by atoms with Gasteiger partial charge in [0.15, 0.2) is 0 Å². The topological polar surface area (TPSA) is 0 Å². The van der Waals surface area contributed by atoms with Gasteiger partial charge in [-0.1, -0.05) is 71.9 Å². The highest BCUT2D eigenvalue weighted by atomic mass is 14.0. The van der Waals surface area contributed by atoms with Crippen molar-refractivity contribution in [3.8, 4) is 0 Å². The van der Waals surface area contributed by atoms with Crippen LogP contribution in [0.15, 0.2) is 30.3 Å². The van der Waals surface area contributed by atoms with Crippen LogP contribution in [0.25, 0.3) is 0 Å². The molecule has 1 rings (SSSR count). The Kier molecular flexibility index (Phi) is 13.7. The van der Waals surface area contributed by atoms with Crippen molar-refractivity contribution in [3.63, 3.8) is 0 Å². The Morgan fingerprint density at radius 1 is 0.929 bits per heavy atom. The first-order valence-corrected chi connectivity index (χ1v) is 5.89. The molecule has 0 fully saturated rings. The molecule has 0 heterocycles. The van der Waals surface area contributed by atoms with E-state index in [-0.39, 0.29) is 0 Å². The first-order chi connectivity index (χ1) is 6.84. The Labute approximate surface area is 90.4 Å². The van der Waals surface area contributed by atoms with Gasteiger partial charge in [-0.15, -0.1) is 0 Å². The molecule has 0 bridgehead atoms. The van der Waals surface area contributed by atoms with Gasteiger partial charge in [0.25, 0.3) is 0 Å². The molecule has 0 aliphatic rings. The molecule has 0 aliphatic heterocycles. The molecule has 82 valence electrons. The molecule has 0 N–H and O–H groups in total. The number of rotatable bonds is 2. The third-order valence-corrected chi connectivity index (χ3v) is 1.98. The first kappa shape index (κ1) is 15.7. The second-order valence-corrected chi connectivity index (χ2v) is 2.72. The minimum atomic E-state index is 0.709. The van der Waals surface area contributed by atoms with Crippen LogP contribution in [-0.2, 0) is 0 Å². The van der Waals surface area contributed by atoms with E-state index in [1.807, 2.05) is 27.7 Å². The van der Waals surface area contributed by atoms with Gasteiger partial charge in [-0.3, -0.25) is 0 Å². The van der Waals surface area contributed by atoms with Crippen molar-refractivity contribution in [3.05, 3.63) is 35.9 Å². The Balaban J connectivity index is 0. The monoisotopic (exact) mass is 194 g/mol. The second-order valence-electron chi connectivity index (χ2n) is 2.72. The molecule has 0 aliphatic carbocycles. The lowest BCUT2D eigenvalue weighted by Crippen LogP contribution is -1.88. The van der Waals surface area contributed by atoms with E-state index < -0.39 is 0 Å². The van der Waals surface area contributed by atoms with Gasteiger partial charge in [0.05, 0.1) is 0 Å². The largest absolute Gasteiger partial charge is 0.0683 e. The van der Waals surface area contributed by atoms with Crippen LogP contribution in [0.1, 0.15) is 59.4 Å². The van der Waals surface area contributed by atoms with Crippen molar-refractivity contribution in [1.82, 2.24) is 0 Å². The van der Waals surface area contributed by atoms with Gasteiger partial charge < -0.3 is 0 Å². The van der Waals surface area contributed by atoms with Crippen molar-refractivity contribution in [1.29, 1.82) is 0 Å². The molecule has 0 saturated carbocycles. The highest BCUT2D eigenvalue weighted by Gasteiger charge is 1.98. The maximum absolute atomic E-state index is 2.26. The molecule has 0 nitrogen and oxygen atoms in total. The summed E-state index contributed by atoms with van der Waals surface area (Å²) in [6, 6.07) is 10.6. The summed E-state index contributed by atoms with van der Waals surface area (Å²) in [5.74, 6) is 0.709. The fraction of sp³-hybridized carbons (Fsp3) is 0.571. The molecule has 14 heavy (non-hydrogen) atoms. The summed E-state index contributed by atoms with van der Waals surface area (Å²) in [5, 5.41) is 0. The summed E-state index contributed by atoms with van der Waals surface area (Å²) in [4.78, 5) is 0. The maximum Gasteiger partial charge on any atom is -0.0193 e. The Bertz CT molecular complexity index is 176. The van der Waals surface area contributed by atoms with Crippen molar-refractivity contribution in [2.75, 3.05) is 0 Å². The number of hydrogen-bond donors (Lipinski definition) is 0. The van der Waals surface area contributed by atoms with E-state index in [0.717, 1.165) is 0 Å².